The van der Waals surface area contributed by atoms with Crippen LogP contribution in [0.1, 0.15) is 10.4 Å². The molecule has 0 saturated carbocycles. The van der Waals surface area contributed by atoms with Crippen molar-refractivity contribution in [2.24, 2.45) is 0 Å². The van der Waals surface area contributed by atoms with E-state index in [1.807, 2.05) is 60.7 Å². The van der Waals surface area contributed by atoms with Crippen molar-refractivity contribution < 1.29 is 9.21 Å². The van der Waals surface area contributed by atoms with Gasteiger partial charge in [-0.2, -0.15) is 0 Å². The lowest BCUT2D eigenvalue weighted by Crippen LogP contribution is -2.34. The SMILES string of the molecule is O=C(NC(=S)Nc1cccc(-c2nc3c(ccc4ccccc43)o2)c1)c1cc(Br)ccc1Cl. The maximum Gasteiger partial charge on any atom is 0.258 e. The quantitative estimate of drug-likeness (QED) is 0.239. The molecule has 0 unspecified atom stereocenters. The first-order valence-corrected chi connectivity index (χ1v) is 11.5. The first-order valence-electron chi connectivity index (χ1n) is 9.94. The van der Waals surface area contributed by atoms with Crippen molar-refractivity contribution in [2.45, 2.75) is 0 Å². The Labute approximate surface area is 207 Å². The third-order valence-electron chi connectivity index (χ3n) is 5.05. The number of amides is 1. The van der Waals surface area contributed by atoms with E-state index < -0.39 is 5.91 Å². The predicted octanol–water partition coefficient (Wildman–Crippen LogP) is 7.19. The van der Waals surface area contributed by atoms with Gasteiger partial charge in [0, 0.05) is 21.1 Å². The predicted molar refractivity (Wildman–Crippen MR) is 140 cm³/mol. The first-order chi connectivity index (χ1) is 16.0. The summed E-state index contributed by atoms with van der Waals surface area (Å²) in [6.07, 6.45) is 0. The molecule has 1 heterocycles. The lowest BCUT2D eigenvalue weighted by molar-refractivity contribution is 0.0978. The van der Waals surface area contributed by atoms with Gasteiger partial charge in [-0.25, -0.2) is 4.98 Å². The molecule has 4 aromatic carbocycles. The van der Waals surface area contributed by atoms with E-state index in [0.717, 1.165) is 31.9 Å². The number of hydrogen-bond donors (Lipinski definition) is 2. The van der Waals surface area contributed by atoms with E-state index in [1.165, 1.54) is 0 Å². The van der Waals surface area contributed by atoms with Crippen molar-refractivity contribution in [2.75, 3.05) is 5.32 Å². The Bertz CT molecular complexity index is 1550. The van der Waals surface area contributed by atoms with E-state index in [1.54, 1.807) is 18.2 Å². The van der Waals surface area contributed by atoms with Gasteiger partial charge in [0.05, 0.1) is 10.6 Å². The molecule has 0 bridgehead atoms. The van der Waals surface area contributed by atoms with E-state index in [2.05, 4.69) is 26.6 Å². The van der Waals surface area contributed by atoms with Gasteiger partial charge in [0.1, 0.15) is 5.52 Å². The maximum absolute atomic E-state index is 12.5. The summed E-state index contributed by atoms with van der Waals surface area (Å²) in [6, 6.07) is 24.5. The number of halogens is 2. The Morgan fingerprint density at radius 2 is 1.85 bits per heavy atom. The number of anilines is 1. The molecule has 0 saturated heterocycles. The van der Waals surface area contributed by atoms with Gasteiger partial charge in [-0.3, -0.25) is 10.1 Å². The zero-order valence-electron chi connectivity index (χ0n) is 16.9. The van der Waals surface area contributed by atoms with Crippen molar-refractivity contribution in [1.82, 2.24) is 10.3 Å². The van der Waals surface area contributed by atoms with Gasteiger partial charge in [0.15, 0.2) is 10.7 Å². The van der Waals surface area contributed by atoms with Gasteiger partial charge in [-0.1, -0.05) is 63.9 Å². The van der Waals surface area contributed by atoms with Crippen LogP contribution in [0.2, 0.25) is 5.02 Å². The van der Waals surface area contributed by atoms with E-state index >= 15 is 0 Å². The molecule has 8 heteroatoms. The molecule has 1 amide bonds. The van der Waals surface area contributed by atoms with Gasteiger partial charge in [-0.15, -0.1) is 0 Å². The molecule has 5 aromatic rings. The summed E-state index contributed by atoms with van der Waals surface area (Å²) in [5.74, 6) is 0.0988. The molecule has 1 aromatic heterocycles. The van der Waals surface area contributed by atoms with Gasteiger partial charge < -0.3 is 9.73 Å². The smallest absolute Gasteiger partial charge is 0.258 e. The number of aromatic nitrogens is 1. The van der Waals surface area contributed by atoms with E-state index in [0.29, 0.717) is 22.2 Å². The highest BCUT2D eigenvalue weighted by Gasteiger charge is 2.14. The van der Waals surface area contributed by atoms with E-state index in [-0.39, 0.29) is 5.11 Å². The Morgan fingerprint density at radius 3 is 2.73 bits per heavy atom. The van der Waals surface area contributed by atoms with Crippen molar-refractivity contribution in [1.29, 1.82) is 0 Å². The standard InChI is InChI=1S/C25H15BrClN3O2S/c26-16-9-10-20(27)19(13-16)23(31)30-25(33)28-17-6-3-5-15(12-17)24-29-22-18-7-2-1-4-14(18)8-11-21(22)32-24/h1-13H,(H2,28,30,31,33). The van der Waals surface area contributed by atoms with Crippen LogP contribution in [0, 0.1) is 0 Å². The summed E-state index contributed by atoms with van der Waals surface area (Å²) < 4.78 is 6.75. The summed E-state index contributed by atoms with van der Waals surface area (Å²) in [5.41, 5.74) is 3.32. The lowest BCUT2D eigenvalue weighted by Gasteiger charge is -2.11. The number of carbonyl (C=O) groups excluding carboxylic acids is 1. The van der Waals surface area contributed by atoms with Gasteiger partial charge in [0.2, 0.25) is 5.89 Å². The van der Waals surface area contributed by atoms with Gasteiger partial charge in [-0.05, 0) is 60.1 Å². The van der Waals surface area contributed by atoms with Crippen LogP contribution in [-0.4, -0.2) is 16.0 Å². The molecule has 0 fully saturated rings. The third-order valence-corrected chi connectivity index (χ3v) is 6.08. The minimum Gasteiger partial charge on any atom is -0.436 e. The largest absolute Gasteiger partial charge is 0.436 e. The minimum absolute atomic E-state index is 0.150. The van der Waals surface area contributed by atoms with Gasteiger partial charge in [0.25, 0.3) is 5.91 Å². The van der Waals surface area contributed by atoms with Crippen LogP contribution in [0.4, 0.5) is 5.69 Å². The fraction of sp³-hybridized carbons (Fsp3) is 0. The van der Waals surface area contributed by atoms with E-state index in [9.17, 15) is 4.79 Å². The fourth-order valence-electron chi connectivity index (χ4n) is 3.52. The van der Waals surface area contributed by atoms with Crippen LogP contribution in [-0.2, 0) is 0 Å². The molecule has 5 nitrogen and oxygen atoms in total. The van der Waals surface area contributed by atoms with Gasteiger partial charge >= 0.3 is 0 Å². The highest BCUT2D eigenvalue weighted by Crippen LogP contribution is 2.30. The second-order valence-electron chi connectivity index (χ2n) is 7.27. The minimum atomic E-state index is -0.402. The van der Waals surface area contributed by atoms with Crippen LogP contribution >= 0.6 is 39.7 Å². The average molecular weight is 537 g/mol. The molecule has 162 valence electrons. The van der Waals surface area contributed by atoms with E-state index in [4.69, 9.17) is 33.2 Å². The number of nitrogens with one attached hydrogen (secondary N) is 2. The molecule has 5 rings (SSSR count). The molecular weight excluding hydrogens is 522 g/mol. The zero-order chi connectivity index (χ0) is 22.9. The number of oxazole rings is 1. The summed E-state index contributed by atoms with van der Waals surface area (Å²) in [6.45, 7) is 0. The highest BCUT2D eigenvalue weighted by molar-refractivity contribution is 9.10. The molecule has 0 radical (unpaired) electrons. The number of thiocarbonyl (C=S) groups is 1. The van der Waals surface area contributed by atoms with Crippen molar-refractivity contribution in [3.8, 4) is 11.5 Å². The fourth-order valence-corrected chi connectivity index (χ4v) is 4.29. The lowest BCUT2D eigenvalue weighted by atomic mass is 10.1. The molecule has 0 aliphatic rings. The molecule has 0 atom stereocenters. The molecular formula is C25H15BrClN3O2S. The summed E-state index contributed by atoms with van der Waals surface area (Å²) >= 11 is 14.8. The van der Waals surface area contributed by atoms with Crippen molar-refractivity contribution >= 4 is 78.3 Å². The number of nitrogens with zero attached hydrogens (tertiary/aromatic N) is 1. The monoisotopic (exact) mass is 535 g/mol. The van der Waals surface area contributed by atoms with Crippen LogP contribution in [0.15, 0.2) is 87.8 Å². The summed E-state index contributed by atoms with van der Waals surface area (Å²) in [4.78, 5) is 17.3. The zero-order valence-corrected chi connectivity index (χ0v) is 20.1. The Hall–Kier alpha value is -3.26. The number of carbonyl (C=O) groups is 1. The molecule has 0 aliphatic carbocycles. The molecule has 33 heavy (non-hydrogen) atoms. The molecule has 2 N–H and O–H groups in total. The van der Waals surface area contributed by atoms with Crippen LogP contribution in [0.5, 0.6) is 0 Å². The third kappa shape index (κ3) is 4.48. The average Bonchev–Trinajstić information content (AvgIpc) is 3.26. The number of fused-ring (bicyclic) bond motifs is 3. The Morgan fingerprint density at radius 1 is 1.00 bits per heavy atom. The Kier molecular flexibility index (Phi) is 5.85. The summed E-state index contributed by atoms with van der Waals surface area (Å²) in [7, 11) is 0. The topological polar surface area (TPSA) is 67.2 Å². The Balaban J connectivity index is 1.37. The maximum atomic E-state index is 12.5. The molecule has 0 aliphatic heterocycles. The highest BCUT2D eigenvalue weighted by atomic mass is 79.9. The normalized spacial score (nSPS) is 11.0. The van der Waals surface area contributed by atoms with Crippen molar-refractivity contribution in [3.63, 3.8) is 0 Å². The second-order valence-corrected chi connectivity index (χ2v) is 9.00. The number of hydrogen-bond acceptors (Lipinski definition) is 4. The number of rotatable bonds is 3. The second kappa shape index (κ2) is 8.94. The van der Waals surface area contributed by atoms with Crippen LogP contribution in [0.3, 0.4) is 0 Å². The molecule has 0 spiro atoms. The first kappa shape index (κ1) is 21.6. The van der Waals surface area contributed by atoms with Crippen LogP contribution < -0.4 is 10.6 Å². The van der Waals surface area contributed by atoms with Crippen LogP contribution in [0.25, 0.3) is 33.3 Å². The number of benzene rings is 4. The summed E-state index contributed by atoms with van der Waals surface area (Å²) in [5, 5.41) is 8.30. The van der Waals surface area contributed by atoms with Crippen molar-refractivity contribution in [3.05, 3.63) is 93.9 Å².